The number of hydrogen-bond donors (Lipinski definition) is 1. The standard InChI is InChI=1S/C16H20N2O4/c1-20-8-4-7-18-16(19)13(11-17)9-12-5-6-14(21-2)10-15(12)22-3/h5-6,9-10H,4,7-8H2,1-3H3,(H,18,19)/b13-9-. The number of benzene rings is 1. The molecule has 1 rings (SSSR count). The maximum absolute atomic E-state index is 12.0. The smallest absolute Gasteiger partial charge is 0.261 e. The average molecular weight is 304 g/mol. The van der Waals surface area contributed by atoms with Gasteiger partial charge in [-0.15, -0.1) is 0 Å². The fraction of sp³-hybridized carbons (Fsp3) is 0.375. The molecule has 1 aromatic carbocycles. The zero-order valence-electron chi connectivity index (χ0n) is 13.0. The first-order valence-corrected chi connectivity index (χ1v) is 6.77. The van der Waals surface area contributed by atoms with Crippen LogP contribution in [0.4, 0.5) is 0 Å². The highest BCUT2D eigenvalue weighted by Gasteiger charge is 2.10. The van der Waals surface area contributed by atoms with Crippen LogP contribution in [0.25, 0.3) is 6.08 Å². The van der Waals surface area contributed by atoms with Crippen molar-refractivity contribution in [2.24, 2.45) is 0 Å². The Hall–Kier alpha value is -2.52. The van der Waals surface area contributed by atoms with Crippen LogP contribution < -0.4 is 14.8 Å². The lowest BCUT2D eigenvalue weighted by molar-refractivity contribution is -0.117. The van der Waals surface area contributed by atoms with Gasteiger partial charge in [0.25, 0.3) is 5.91 Å². The molecule has 0 heterocycles. The van der Waals surface area contributed by atoms with Crippen LogP contribution in [-0.2, 0) is 9.53 Å². The molecule has 0 bridgehead atoms. The third-order valence-electron chi connectivity index (χ3n) is 2.92. The molecular weight excluding hydrogens is 284 g/mol. The van der Waals surface area contributed by atoms with E-state index in [1.165, 1.54) is 13.2 Å². The number of nitriles is 1. The first-order chi connectivity index (χ1) is 10.7. The molecule has 22 heavy (non-hydrogen) atoms. The number of carbonyl (C=O) groups is 1. The zero-order valence-corrected chi connectivity index (χ0v) is 13.0. The molecule has 0 atom stereocenters. The van der Waals surface area contributed by atoms with Crippen LogP contribution in [0, 0.1) is 11.3 Å². The van der Waals surface area contributed by atoms with Gasteiger partial charge in [-0.05, 0) is 24.6 Å². The molecule has 0 fully saturated rings. The van der Waals surface area contributed by atoms with E-state index in [1.807, 2.05) is 6.07 Å². The summed E-state index contributed by atoms with van der Waals surface area (Å²) in [5, 5.41) is 11.8. The van der Waals surface area contributed by atoms with E-state index in [-0.39, 0.29) is 5.57 Å². The fourth-order valence-corrected chi connectivity index (χ4v) is 1.76. The van der Waals surface area contributed by atoms with E-state index < -0.39 is 5.91 Å². The number of nitrogens with one attached hydrogen (secondary N) is 1. The minimum atomic E-state index is -0.420. The average Bonchev–Trinajstić information content (AvgIpc) is 2.56. The Labute approximate surface area is 130 Å². The van der Waals surface area contributed by atoms with Crippen molar-refractivity contribution in [1.82, 2.24) is 5.32 Å². The Morgan fingerprint density at radius 1 is 1.32 bits per heavy atom. The van der Waals surface area contributed by atoms with Crippen molar-refractivity contribution in [3.05, 3.63) is 29.3 Å². The van der Waals surface area contributed by atoms with Gasteiger partial charge in [0.1, 0.15) is 23.1 Å². The van der Waals surface area contributed by atoms with Crippen LogP contribution >= 0.6 is 0 Å². The molecule has 0 radical (unpaired) electrons. The number of hydrogen-bond acceptors (Lipinski definition) is 5. The molecule has 0 unspecified atom stereocenters. The lowest BCUT2D eigenvalue weighted by Gasteiger charge is -2.08. The number of ether oxygens (including phenoxy) is 3. The van der Waals surface area contributed by atoms with Crippen LogP contribution in [0.2, 0.25) is 0 Å². The van der Waals surface area contributed by atoms with Gasteiger partial charge in [-0.2, -0.15) is 5.26 Å². The Morgan fingerprint density at radius 3 is 2.68 bits per heavy atom. The van der Waals surface area contributed by atoms with Crippen molar-refractivity contribution in [1.29, 1.82) is 5.26 Å². The second kappa shape index (κ2) is 9.42. The Balaban J connectivity index is 2.88. The summed E-state index contributed by atoms with van der Waals surface area (Å²) >= 11 is 0. The molecular formula is C16H20N2O4. The minimum Gasteiger partial charge on any atom is -0.497 e. The number of methoxy groups -OCH3 is 3. The summed E-state index contributed by atoms with van der Waals surface area (Å²) in [6.07, 6.45) is 2.18. The number of rotatable bonds is 8. The molecule has 118 valence electrons. The molecule has 0 saturated carbocycles. The molecule has 0 aliphatic carbocycles. The predicted octanol–water partition coefficient (Wildman–Crippen LogP) is 1.76. The van der Waals surface area contributed by atoms with Gasteiger partial charge < -0.3 is 19.5 Å². The van der Waals surface area contributed by atoms with E-state index in [9.17, 15) is 4.79 Å². The lowest BCUT2D eigenvalue weighted by atomic mass is 10.1. The van der Waals surface area contributed by atoms with Gasteiger partial charge in [0.05, 0.1) is 14.2 Å². The summed E-state index contributed by atoms with van der Waals surface area (Å²) in [6, 6.07) is 7.06. The monoisotopic (exact) mass is 304 g/mol. The van der Waals surface area contributed by atoms with E-state index in [0.717, 1.165) is 0 Å². The van der Waals surface area contributed by atoms with E-state index in [2.05, 4.69) is 5.32 Å². The van der Waals surface area contributed by atoms with Crippen molar-refractivity contribution in [2.75, 3.05) is 34.5 Å². The molecule has 0 spiro atoms. The second-order valence-electron chi connectivity index (χ2n) is 4.38. The summed E-state index contributed by atoms with van der Waals surface area (Å²) < 4.78 is 15.3. The van der Waals surface area contributed by atoms with Gasteiger partial charge in [0, 0.05) is 31.9 Å². The number of nitrogens with zero attached hydrogens (tertiary/aromatic N) is 1. The topological polar surface area (TPSA) is 80.6 Å². The van der Waals surface area contributed by atoms with Crippen molar-refractivity contribution >= 4 is 12.0 Å². The third kappa shape index (κ3) is 5.11. The highest BCUT2D eigenvalue weighted by Crippen LogP contribution is 2.26. The predicted molar refractivity (Wildman–Crippen MR) is 82.6 cm³/mol. The van der Waals surface area contributed by atoms with E-state index in [1.54, 1.807) is 32.4 Å². The largest absolute Gasteiger partial charge is 0.497 e. The summed E-state index contributed by atoms with van der Waals surface area (Å²) in [5.41, 5.74) is 0.646. The normalized spacial score (nSPS) is 10.7. The molecule has 6 heteroatoms. The van der Waals surface area contributed by atoms with Gasteiger partial charge >= 0.3 is 0 Å². The molecule has 0 aliphatic heterocycles. The van der Waals surface area contributed by atoms with Gasteiger partial charge in [0.15, 0.2) is 0 Å². The Morgan fingerprint density at radius 2 is 2.09 bits per heavy atom. The fourth-order valence-electron chi connectivity index (χ4n) is 1.76. The van der Waals surface area contributed by atoms with E-state index >= 15 is 0 Å². The molecule has 6 nitrogen and oxygen atoms in total. The summed E-state index contributed by atoms with van der Waals surface area (Å²) in [6.45, 7) is 1.00. The van der Waals surface area contributed by atoms with Crippen LogP contribution in [-0.4, -0.2) is 40.4 Å². The van der Waals surface area contributed by atoms with Crippen molar-refractivity contribution in [3.63, 3.8) is 0 Å². The second-order valence-corrected chi connectivity index (χ2v) is 4.38. The highest BCUT2D eigenvalue weighted by atomic mass is 16.5. The lowest BCUT2D eigenvalue weighted by Crippen LogP contribution is -2.26. The van der Waals surface area contributed by atoms with Crippen molar-refractivity contribution in [2.45, 2.75) is 6.42 Å². The first kappa shape index (κ1) is 17.5. The zero-order chi connectivity index (χ0) is 16.4. The van der Waals surface area contributed by atoms with Crippen molar-refractivity contribution in [3.8, 4) is 17.6 Å². The summed E-state index contributed by atoms with van der Waals surface area (Å²) in [4.78, 5) is 12.0. The highest BCUT2D eigenvalue weighted by molar-refractivity contribution is 6.01. The minimum absolute atomic E-state index is 0.0147. The maximum Gasteiger partial charge on any atom is 0.261 e. The maximum atomic E-state index is 12.0. The van der Waals surface area contributed by atoms with E-state index in [4.69, 9.17) is 19.5 Å². The quantitative estimate of drug-likeness (QED) is 0.450. The Bertz CT molecular complexity index is 576. The van der Waals surface area contributed by atoms with Crippen LogP contribution in [0.15, 0.2) is 23.8 Å². The number of amides is 1. The van der Waals surface area contributed by atoms with E-state index in [0.29, 0.717) is 36.6 Å². The molecule has 1 aromatic rings. The van der Waals surface area contributed by atoms with Gasteiger partial charge in [-0.3, -0.25) is 4.79 Å². The van der Waals surface area contributed by atoms with Gasteiger partial charge in [0.2, 0.25) is 0 Å². The number of carbonyl (C=O) groups excluding carboxylic acids is 1. The van der Waals surface area contributed by atoms with Crippen LogP contribution in [0.5, 0.6) is 11.5 Å². The molecule has 1 N–H and O–H groups in total. The summed E-state index contributed by atoms with van der Waals surface area (Å²) in [7, 11) is 4.67. The van der Waals surface area contributed by atoms with Gasteiger partial charge in [-0.25, -0.2) is 0 Å². The van der Waals surface area contributed by atoms with Crippen molar-refractivity contribution < 1.29 is 19.0 Å². The SMILES string of the molecule is COCCCNC(=O)/C(C#N)=C\c1ccc(OC)cc1OC. The Kier molecular flexibility index (Phi) is 7.51. The molecule has 0 aliphatic rings. The molecule has 1 amide bonds. The first-order valence-electron chi connectivity index (χ1n) is 6.77. The molecule has 0 saturated heterocycles. The van der Waals surface area contributed by atoms with Gasteiger partial charge in [-0.1, -0.05) is 0 Å². The summed E-state index contributed by atoms with van der Waals surface area (Å²) in [5.74, 6) is 0.743. The van der Waals surface area contributed by atoms with Crippen LogP contribution in [0.1, 0.15) is 12.0 Å². The van der Waals surface area contributed by atoms with Crippen LogP contribution in [0.3, 0.4) is 0 Å². The third-order valence-corrected chi connectivity index (χ3v) is 2.92. The molecule has 0 aromatic heterocycles.